The third-order valence-corrected chi connectivity index (χ3v) is 15.8. The van der Waals surface area contributed by atoms with Crippen LogP contribution in [0.15, 0.2) is 150 Å². The Morgan fingerprint density at radius 2 is 1.41 bits per heavy atom. The summed E-state index contributed by atoms with van der Waals surface area (Å²) in [6, 6.07) is 36.2. The molecule has 7 aromatic rings. The molecule has 450 valence electrons. The maximum absolute atomic E-state index is 14.0. The molecule has 7 rings (SSSR count). The Bertz CT molecular complexity index is 3520. The van der Waals surface area contributed by atoms with Gasteiger partial charge in [-0.05, 0) is 98.7 Å². The number of aromatic nitrogens is 3. The standard InChI is InChI=1S/C60H69N9O14S2/c1-39-32-45(80-31-17-24-51(70)61-27-28-62-55(73)49(38-84-83-82-76)66-58(75)81-59(3,4)5)33-40(2)53(39)85(77,78)67-48(56(74)79-7)36-64-54(72)47-37-68(6)50-34-41(25-26-46(50)52(47)71)35-65-57-63-29-30-69(57)60(42-18-11-8-12-19-42,43-20-13-9-14-21-43)44-22-15-10-16-23-44/h8-16,18-23,25-26,29-30,32-34,37,48-49,67,76H,17,24,27-28,31,35-36,38H2,1-7H3,(H,61,70)(H,62,73)(H,63,65)(H,64,72)(H,66,75). The number of nitrogens with one attached hydrogen (secondary N) is 6. The van der Waals surface area contributed by atoms with Gasteiger partial charge in [-0.15, -0.1) is 4.33 Å². The molecule has 0 aliphatic rings. The second kappa shape index (κ2) is 29.3. The summed E-state index contributed by atoms with van der Waals surface area (Å²) in [7, 11) is -1.69. The third-order valence-electron chi connectivity index (χ3n) is 13.4. The lowest BCUT2D eigenvalue weighted by atomic mass is 9.76. The van der Waals surface area contributed by atoms with Crippen molar-refractivity contribution in [1.82, 2.24) is 40.1 Å². The van der Waals surface area contributed by atoms with Gasteiger partial charge in [0.05, 0.1) is 29.9 Å². The third kappa shape index (κ3) is 16.4. The Hall–Kier alpha value is -8.59. The van der Waals surface area contributed by atoms with E-state index in [9.17, 15) is 37.2 Å². The van der Waals surface area contributed by atoms with Gasteiger partial charge in [-0.1, -0.05) is 102 Å². The van der Waals surface area contributed by atoms with E-state index in [1.807, 2.05) is 66.9 Å². The average molecular weight is 1200 g/mol. The number of imidazole rings is 1. The predicted octanol–water partition coefficient (Wildman–Crippen LogP) is 6.41. The van der Waals surface area contributed by atoms with E-state index in [-0.39, 0.29) is 71.2 Å². The molecule has 0 aliphatic carbocycles. The molecule has 23 nitrogen and oxygen atoms in total. The van der Waals surface area contributed by atoms with Gasteiger partial charge in [-0.3, -0.25) is 28.5 Å². The second-order valence-electron chi connectivity index (χ2n) is 20.6. The van der Waals surface area contributed by atoms with E-state index in [0.29, 0.717) is 35.8 Å². The highest BCUT2D eigenvalue weighted by atomic mass is 32.2. The summed E-state index contributed by atoms with van der Waals surface area (Å²) >= 11 is 0.561. The van der Waals surface area contributed by atoms with E-state index in [1.165, 1.54) is 18.3 Å². The van der Waals surface area contributed by atoms with Crippen LogP contribution in [0.4, 0.5) is 10.7 Å². The maximum Gasteiger partial charge on any atom is 0.408 e. The summed E-state index contributed by atoms with van der Waals surface area (Å²) in [5.74, 6) is -2.02. The number of esters is 1. The molecule has 2 atom stereocenters. The molecule has 25 heteroatoms. The molecule has 0 radical (unpaired) electrons. The fraction of sp³-hybridized carbons (Fsp3) is 0.317. The molecule has 0 spiro atoms. The van der Waals surface area contributed by atoms with Crippen molar-refractivity contribution in [1.29, 1.82) is 0 Å². The quantitative estimate of drug-likeness (QED) is 0.00696. The van der Waals surface area contributed by atoms with Crippen molar-refractivity contribution < 1.29 is 61.2 Å². The summed E-state index contributed by atoms with van der Waals surface area (Å²) < 4.78 is 54.3. The highest BCUT2D eigenvalue weighted by Gasteiger charge is 2.40. The van der Waals surface area contributed by atoms with Crippen LogP contribution in [0.2, 0.25) is 0 Å². The fourth-order valence-electron chi connectivity index (χ4n) is 9.68. The van der Waals surface area contributed by atoms with E-state index >= 15 is 0 Å². The lowest BCUT2D eigenvalue weighted by Gasteiger charge is -2.38. The second-order valence-corrected chi connectivity index (χ2v) is 23.0. The topological polar surface area (TPSA) is 298 Å². The lowest BCUT2D eigenvalue weighted by molar-refractivity contribution is -0.432. The first-order valence-corrected chi connectivity index (χ1v) is 29.4. The maximum atomic E-state index is 14.0. The summed E-state index contributed by atoms with van der Waals surface area (Å²) in [5.41, 5.74) is 2.54. The van der Waals surface area contributed by atoms with Crippen LogP contribution in [0.25, 0.3) is 10.9 Å². The van der Waals surface area contributed by atoms with Crippen LogP contribution >= 0.6 is 12.0 Å². The van der Waals surface area contributed by atoms with Crippen molar-refractivity contribution in [2.45, 2.75) is 82.1 Å². The van der Waals surface area contributed by atoms with Gasteiger partial charge in [0.2, 0.25) is 33.2 Å². The highest BCUT2D eigenvalue weighted by Crippen LogP contribution is 2.42. The minimum absolute atomic E-state index is 0.0150. The van der Waals surface area contributed by atoms with Crippen molar-refractivity contribution in [2.75, 3.05) is 44.4 Å². The normalized spacial score (nSPS) is 12.4. The Balaban J connectivity index is 0.937. The Kier molecular flexibility index (Phi) is 22.0. The number of pyridine rings is 1. The SMILES string of the molecule is COC(=O)C(CNC(=O)c1cn(C)c2cc(CNc3nccn3C(c3ccccc3)(c3ccccc3)c3ccccc3)ccc2c1=O)NS(=O)(=O)c1c(C)cc(OCCCC(=O)NCCNC(=O)C(CSOOO)NC(=O)OC(C)(C)C)cc1C. The van der Waals surface area contributed by atoms with Crippen LogP contribution in [0.1, 0.15) is 77.4 Å². The largest absolute Gasteiger partial charge is 0.494 e. The number of fused-ring (bicyclic) bond motifs is 1. The number of rotatable bonds is 28. The number of anilines is 1. The first-order chi connectivity index (χ1) is 40.7. The number of ether oxygens (including phenoxy) is 3. The number of aryl methyl sites for hydroxylation is 3. The molecule has 0 fully saturated rings. The van der Waals surface area contributed by atoms with Gasteiger partial charge in [-0.2, -0.15) is 4.72 Å². The molecule has 0 aliphatic heterocycles. The smallest absolute Gasteiger partial charge is 0.408 e. The van der Waals surface area contributed by atoms with Gasteiger partial charge >= 0.3 is 12.1 Å². The van der Waals surface area contributed by atoms with E-state index in [2.05, 4.69) is 81.6 Å². The van der Waals surface area contributed by atoms with Crippen molar-refractivity contribution in [3.05, 3.63) is 189 Å². The number of alkyl carbamates (subject to hydrolysis) is 1. The first kappa shape index (κ1) is 64.0. The van der Waals surface area contributed by atoms with E-state index in [1.54, 1.807) is 64.6 Å². The van der Waals surface area contributed by atoms with Crippen molar-refractivity contribution >= 4 is 68.7 Å². The van der Waals surface area contributed by atoms with Crippen molar-refractivity contribution in [3.8, 4) is 5.75 Å². The van der Waals surface area contributed by atoms with Gasteiger partial charge in [0.15, 0.2) is 0 Å². The van der Waals surface area contributed by atoms with E-state index in [0.717, 1.165) is 29.4 Å². The van der Waals surface area contributed by atoms with Gasteiger partial charge < -0.3 is 45.4 Å². The predicted molar refractivity (Wildman–Crippen MR) is 319 cm³/mol. The molecule has 0 bridgehead atoms. The number of carbonyl (C=O) groups is 5. The molecule has 0 saturated carbocycles. The number of nitrogens with zero attached hydrogens (tertiary/aromatic N) is 3. The van der Waals surface area contributed by atoms with Gasteiger partial charge in [0.1, 0.15) is 34.5 Å². The zero-order chi connectivity index (χ0) is 61.3. The fourth-order valence-corrected chi connectivity index (χ4v) is 11.8. The minimum Gasteiger partial charge on any atom is -0.494 e. The number of sulfonamides is 1. The molecule has 5 aromatic carbocycles. The molecule has 2 unspecified atom stereocenters. The van der Waals surface area contributed by atoms with E-state index in [4.69, 9.17) is 24.5 Å². The number of carbonyl (C=O) groups excluding carboxylic acids is 5. The zero-order valence-electron chi connectivity index (χ0n) is 48.0. The molecule has 2 heterocycles. The van der Waals surface area contributed by atoms with E-state index < -0.39 is 69.1 Å². The van der Waals surface area contributed by atoms with Crippen molar-refractivity contribution in [3.63, 3.8) is 0 Å². The number of hydrogen-bond acceptors (Lipinski definition) is 17. The summed E-state index contributed by atoms with van der Waals surface area (Å²) in [6.07, 6.45) is 4.57. The van der Waals surface area contributed by atoms with Gasteiger partial charge in [0, 0.05) is 75.7 Å². The average Bonchev–Trinajstić information content (AvgIpc) is 2.16. The number of methoxy groups -OCH3 is 1. The zero-order valence-corrected chi connectivity index (χ0v) is 49.6. The molecular weight excluding hydrogens is 1130 g/mol. The van der Waals surface area contributed by atoms with Crippen molar-refractivity contribution in [2.24, 2.45) is 7.05 Å². The Labute approximate surface area is 496 Å². The summed E-state index contributed by atoms with van der Waals surface area (Å²) in [4.78, 5) is 83.0. The number of benzene rings is 5. The summed E-state index contributed by atoms with van der Waals surface area (Å²) in [6.45, 7) is 7.96. The monoisotopic (exact) mass is 1200 g/mol. The van der Waals surface area contributed by atoms with Crippen LogP contribution in [0.3, 0.4) is 0 Å². The van der Waals surface area contributed by atoms with Crippen LogP contribution < -0.4 is 41.5 Å². The summed E-state index contributed by atoms with van der Waals surface area (Å²) in [5, 5.41) is 26.0. The lowest BCUT2D eigenvalue weighted by Crippen LogP contribution is -2.50. The Morgan fingerprint density at radius 1 is 0.800 bits per heavy atom. The van der Waals surface area contributed by atoms with Crippen LogP contribution in [0.5, 0.6) is 5.75 Å². The van der Waals surface area contributed by atoms with Crippen LogP contribution in [-0.2, 0) is 62.4 Å². The molecule has 85 heavy (non-hydrogen) atoms. The number of amides is 4. The molecule has 4 amide bonds. The molecule has 0 saturated heterocycles. The minimum atomic E-state index is -4.45. The highest BCUT2D eigenvalue weighted by molar-refractivity contribution is 7.94. The van der Waals surface area contributed by atoms with Gasteiger partial charge in [0.25, 0.3) is 5.91 Å². The number of hydrogen-bond donors (Lipinski definition) is 7. The van der Waals surface area contributed by atoms with Crippen LogP contribution in [-0.4, -0.2) is 114 Å². The van der Waals surface area contributed by atoms with Crippen LogP contribution in [0, 0.1) is 13.8 Å². The molecular formula is C60H69N9O14S2. The first-order valence-electron chi connectivity index (χ1n) is 27.0. The molecule has 7 N–H and O–H groups in total. The van der Waals surface area contributed by atoms with Gasteiger partial charge in [-0.25, -0.2) is 23.5 Å². The Morgan fingerprint density at radius 3 is 2.00 bits per heavy atom. The molecule has 2 aromatic heterocycles.